The van der Waals surface area contributed by atoms with Crippen molar-refractivity contribution >= 4 is 22.7 Å². The third-order valence-electron chi connectivity index (χ3n) is 3.36. The Balaban J connectivity index is 2.10. The third kappa shape index (κ3) is 1.78. The van der Waals surface area contributed by atoms with E-state index in [9.17, 15) is 4.79 Å². The van der Waals surface area contributed by atoms with Gasteiger partial charge in [0.1, 0.15) is 0 Å². The molecule has 0 saturated heterocycles. The van der Waals surface area contributed by atoms with Crippen molar-refractivity contribution in [1.29, 1.82) is 0 Å². The van der Waals surface area contributed by atoms with E-state index in [-0.39, 0.29) is 11.1 Å². The second-order valence-corrected chi connectivity index (χ2v) is 5.05. The molecule has 0 N–H and O–H groups in total. The first-order valence-electron chi connectivity index (χ1n) is 5.98. The van der Waals surface area contributed by atoms with Gasteiger partial charge in [-0.2, -0.15) is 0 Å². The fourth-order valence-electron chi connectivity index (χ4n) is 2.21. The second-order valence-electron chi connectivity index (χ2n) is 4.58. The van der Waals surface area contributed by atoms with Gasteiger partial charge in [-0.05, 0) is 43.4 Å². The van der Waals surface area contributed by atoms with Gasteiger partial charge in [-0.15, -0.1) is 11.6 Å². The lowest BCUT2D eigenvalue weighted by Crippen LogP contribution is -2.11. The van der Waals surface area contributed by atoms with Gasteiger partial charge in [0.05, 0.1) is 10.9 Å². The highest BCUT2D eigenvalue weighted by atomic mass is 35.5. The van der Waals surface area contributed by atoms with Gasteiger partial charge < -0.3 is 4.42 Å². The average Bonchev–Trinajstić information content (AvgIpc) is 3.10. The first kappa shape index (κ1) is 10.9. The van der Waals surface area contributed by atoms with E-state index in [2.05, 4.69) is 0 Å². The largest absolute Gasteiger partial charge is 0.419 e. The lowest BCUT2D eigenvalue weighted by molar-refractivity contribution is 0.513. The lowest BCUT2D eigenvalue weighted by atomic mass is 10.1. The predicted octanol–water partition coefficient (Wildman–Crippen LogP) is 3.30. The van der Waals surface area contributed by atoms with Crippen LogP contribution in [0.1, 0.15) is 30.7 Å². The van der Waals surface area contributed by atoms with E-state index in [1.165, 1.54) is 12.8 Å². The summed E-state index contributed by atoms with van der Waals surface area (Å²) in [6.07, 6.45) is 2.40. The van der Waals surface area contributed by atoms with Crippen LogP contribution in [-0.2, 0) is 6.54 Å². The molecule has 0 amide bonds. The fraction of sp³-hybridized carbons (Fsp3) is 0.462. The highest BCUT2D eigenvalue weighted by molar-refractivity contribution is 6.21. The van der Waals surface area contributed by atoms with Crippen LogP contribution in [0.25, 0.3) is 11.1 Å². The summed E-state index contributed by atoms with van der Waals surface area (Å²) >= 11 is 6.36. The first-order chi connectivity index (χ1) is 8.20. The minimum Gasteiger partial charge on any atom is -0.408 e. The molecule has 0 bridgehead atoms. The summed E-state index contributed by atoms with van der Waals surface area (Å²) in [7, 11) is 0. The molecule has 1 fully saturated rings. The second kappa shape index (κ2) is 3.91. The van der Waals surface area contributed by atoms with Crippen LogP contribution in [-0.4, -0.2) is 4.57 Å². The maximum Gasteiger partial charge on any atom is 0.419 e. The molecule has 1 aliphatic carbocycles. The zero-order chi connectivity index (χ0) is 12.0. The van der Waals surface area contributed by atoms with Gasteiger partial charge in [0.2, 0.25) is 0 Å². The van der Waals surface area contributed by atoms with Crippen LogP contribution in [0.3, 0.4) is 0 Å². The van der Waals surface area contributed by atoms with Crippen LogP contribution in [0, 0.1) is 5.92 Å². The Hall–Kier alpha value is -1.22. The zero-order valence-electron chi connectivity index (χ0n) is 9.65. The van der Waals surface area contributed by atoms with Crippen molar-refractivity contribution in [2.75, 3.05) is 0 Å². The fourth-order valence-corrected chi connectivity index (χ4v) is 2.60. The Labute approximate surface area is 104 Å². The monoisotopic (exact) mass is 251 g/mol. The maximum absolute atomic E-state index is 11.6. The number of fused-ring (bicyclic) bond motifs is 1. The number of aromatic nitrogens is 1. The number of rotatable bonds is 3. The summed E-state index contributed by atoms with van der Waals surface area (Å²) in [4.78, 5) is 11.6. The minimum atomic E-state index is -0.294. The molecular weight excluding hydrogens is 238 g/mol. The molecule has 17 heavy (non-hydrogen) atoms. The van der Waals surface area contributed by atoms with Crippen LogP contribution in [0.2, 0.25) is 0 Å². The summed E-state index contributed by atoms with van der Waals surface area (Å²) in [5, 5.41) is 0.0506. The van der Waals surface area contributed by atoms with Crippen molar-refractivity contribution in [2.45, 2.75) is 31.7 Å². The predicted molar refractivity (Wildman–Crippen MR) is 67.5 cm³/mol. The number of aryl methyl sites for hydroxylation is 1. The van der Waals surface area contributed by atoms with Crippen LogP contribution in [0.15, 0.2) is 27.4 Å². The van der Waals surface area contributed by atoms with E-state index < -0.39 is 0 Å². The SMILES string of the molecule is CCn1c(=O)oc2cc(C(Cl)C3CC3)ccc21. The number of oxazole rings is 1. The van der Waals surface area contributed by atoms with Gasteiger partial charge in [-0.25, -0.2) is 4.79 Å². The van der Waals surface area contributed by atoms with E-state index in [1.807, 2.05) is 25.1 Å². The van der Waals surface area contributed by atoms with Gasteiger partial charge in [0.25, 0.3) is 0 Å². The quantitative estimate of drug-likeness (QED) is 0.785. The van der Waals surface area contributed by atoms with E-state index >= 15 is 0 Å². The minimum absolute atomic E-state index is 0.0506. The third-order valence-corrected chi connectivity index (χ3v) is 3.97. The van der Waals surface area contributed by atoms with Crippen molar-refractivity contribution in [1.82, 2.24) is 4.57 Å². The van der Waals surface area contributed by atoms with Crippen LogP contribution < -0.4 is 5.76 Å². The molecule has 1 aromatic heterocycles. The smallest absolute Gasteiger partial charge is 0.408 e. The molecule has 2 aromatic rings. The van der Waals surface area contributed by atoms with Crippen molar-refractivity contribution in [3.8, 4) is 0 Å². The first-order valence-corrected chi connectivity index (χ1v) is 6.41. The normalized spacial score (nSPS) is 17.5. The Morgan fingerprint density at radius 1 is 1.53 bits per heavy atom. The van der Waals surface area contributed by atoms with Gasteiger partial charge in [-0.1, -0.05) is 6.07 Å². The summed E-state index contributed by atoms with van der Waals surface area (Å²) in [5.74, 6) is 0.297. The molecule has 1 unspecified atom stereocenters. The number of hydrogen-bond acceptors (Lipinski definition) is 2. The molecule has 90 valence electrons. The maximum atomic E-state index is 11.6. The van der Waals surface area contributed by atoms with Crippen LogP contribution in [0.5, 0.6) is 0 Å². The highest BCUT2D eigenvalue weighted by Gasteiger charge is 2.31. The number of nitrogens with zero attached hydrogens (tertiary/aromatic N) is 1. The molecule has 1 aromatic carbocycles. The molecule has 1 aliphatic rings. The number of halogens is 1. The summed E-state index contributed by atoms with van der Waals surface area (Å²) in [6.45, 7) is 2.55. The van der Waals surface area contributed by atoms with Crippen LogP contribution >= 0.6 is 11.6 Å². The van der Waals surface area contributed by atoms with Crippen LogP contribution in [0.4, 0.5) is 0 Å². The van der Waals surface area contributed by atoms with Gasteiger partial charge >= 0.3 is 5.76 Å². The van der Waals surface area contributed by atoms with Gasteiger partial charge in [-0.3, -0.25) is 4.57 Å². The standard InChI is InChI=1S/C13H14ClNO2/c1-2-15-10-6-5-9(12(14)8-3-4-8)7-11(10)17-13(15)16/h5-8,12H,2-4H2,1H3. The number of benzene rings is 1. The molecule has 0 spiro atoms. The molecule has 3 rings (SSSR count). The average molecular weight is 252 g/mol. The number of hydrogen-bond donors (Lipinski definition) is 0. The van der Waals surface area contributed by atoms with Gasteiger partial charge in [0, 0.05) is 6.54 Å². The Morgan fingerprint density at radius 3 is 2.94 bits per heavy atom. The van der Waals surface area contributed by atoms with E-state index in [0.717, 1.165) is 11.1 Å². The van der Waals surface area contributed by atoms with Crippen molar-refractivity contribution < 1.29 is 4.42 Å². The molecule has 3 nitrogen and oxygen atoms in total. The molecular formula is C13H14ClNO2. The van der Waals surface area contributed by atoms with Crippen molar-refractivity contribution in [3.05, 3.63) is 34.3 Å². The van der Waals surface area contributed by atoms with E-state index in [0.29, 0.717) is 18.0 Å². The lowest BCUT2D eigenvalue weighted by Gasteiger charge is -2.07. The van der Waals surface area contributed by atoms with Gasteiger partial charge in [0.15, 0.2) is 5.58 Å². The molecule has 1 atom stereocenters. The molecule has 0 radical (unpaired) electrons. The summed E-state index contributed by atoms with van der Waals surface area (Å²) in [5.41, 5.74) is 2.54. The Morgan fingerprint density at radius 2 is 2.29 bits per heavy atom. The summed E-state index contributed by atoms with van der Waals surface area (Å²) < 4.78 is 6.85. The molecule has 0 aliphatic heterocycles. The van der Waals surface area contributed by atoms with E-state index in [4.69, 9.17) is 16.0 Å². The van der Waals surface area contributed by atoms with Crippen molar-refractivity contribution in [2.24, 2.45) is 5.92 Å². The van der Waals surface area contributed by atoms with E-state index in [1.54, 1.807) is 4.57 Å². The topological polar surface area (TPSA) is 35.1 Å². The summed E-state index contributed by atoms with van der Waals surface area (Å²) in [6, 6.07) is 5.83. The molecule has 1 saturated carbocycles. The number of alkyl halides is 1. The molecule has 1 heterocycles. The zero-order valence-corrected chi connectivity index (χ0v) is 10.4. The Kier molecular flexibility index (Phi) is 2.51. The van der Waals surface area contributed by atoms with Crippen molar-refractivity contribution in [3.63, 3.8) is 0 Å². The molecule has 4 heteroatoms. The highest BCUT2D eigenvalue weighted by Crippen LogP contribution is 2.45. The Bertz CT molecular complexity index is 609.